The van der Waals surface area contributed by atoms with E-state index in [1.54, 1.807) is 0 Å². The number of nitrogens with two attached hydrogens (primary N) is 1. The van der Waals surface area contributed by atoms with Crippen molar-refractivity contribution in [3.05, 3.63) is 0 Å². The molecule has 1 saturated heterocycles. The minimum atomic E-state index is 0.0517. The van der Waals surface area contributed by atoms with Gasteiger partial charge >= 0.3 is 0 Å². The van der Waals surface area contributed by atoms with Crippen LogP contribution < -0.4 is 5.73 Å². The minimum Gasteiger partial charge on any atom is -0.343 e. The van der Waals surface area contributed by atoms with Gasteiger partial charge in [-0.25, -0.2) is 0 Å². The van der Waals surface area contributed by atoms with Crippen molar-refractivity contribution >= 4 is 11.8 Å². The normalized spacial score (nSPS) is 21.6. The lowest BCUT2D eigenvalue weighted by atomic mass is 9.90. The largest absolute Gasteiger partial charge is 0.343 e. The van der Waals surface area contributed by atoms with Crippen molar-refractivity contribution in [2.24, 2.45) is 11.1 Å². The van der Waals surface area contributed by atoms with Gasteiger partial charge in [-0.15, -0.1) is 0 Å². The Kier molecular flexibility index (Phi) is 7.15. The molecule has 1 aliphatic rings. The summed E-state index contributed by atoms with van der Waals surface area (Å²) in [7, 11) is 0. The number of likely N-dealkylation sites (tertiary alicyclic amines) is 1. The molecule has 1 aliphatic heterocycles. The Morgan fingerprint density at radius 3 is 2.29 bits per heavy atom. The molecule has 1 atom stereocenters. The molecule has 0 aromatic heterocycles. The number of hydrogen-bond donors (Lipinski definition) is 1. The molecule has 0 aromatic rings. The van der Waals surface area contributed by atoms with Crippen LogP contribution in [0.25, 0.3) is 0 Å². The van der Waals surface area contributed by atoms with Gasteiger partial charge in [-0.2, -0.15) is 0 Å². The fraction of sp³-hybridized carbons (Fsp3) is 0.875. The third kappa shape index (κ3) is 5.30. The van der Waals surface area contributed by atoms with Gasteiger partial charge in [0.05, 0.1) is 0 Å². The number of carbonyl (C=O) groups excluding carboxylic acids is 2. The maximum atomic E-state index is 12.2. The van der Waals surface area contributed by atoms with Gasteiger partial charge in [0, 0.05) is 39.0 Å². The van der Waals surface area contributed by atoms with Crippen molar-refractivity contribution in [2.75, 3.05) is 32.7 Å². The zero-order valence-electron chi connectivity index (χ0n) is 13.9. The van der Waals surface area contributed by atoms with Gasteiger partial charge in [0.15, 0.2) is 0 Å². The first-order valence-electron chi connectivity index (χ1n) is 8.21. The van der Waals surface area contributed by atoms with Gasteiger partial charge in [0.25, 0.3) is 0 Å². The quantitative estimate of drug-likeness (QED) is 0.740. The summed E-state index contributed by atoms with van der Waals surface area (Å²) in [5, 5.41) is 0. The molecular formula is C16H31N3O2. The van der Waals surface area contributed by atoms with Crippen molar-refractivity contribution in [1.29, 1.82) is 0 Å². The number of hydrogen-bond acceptors (Lipinski definition) is 3. The minimum absolute atomic E-state index is 0.0517. The van der Waals surface area contributed by atoms with E-state index in [1.165, 1.54) is 0 Å². The van der Waals surface area contributed by atoms with Crippen LogP contribution in [0.3, 0.4) is 0 Å². The highest BCUT2D eigenvalue weighted by molar-refractivity contribution is 5.84. The van der Waals surface area contributed by atoms with Crippen LogP contribution in [0.1, 0.15) is 52.9 Å². The average molecular weight is 297 g/mol. The van der Waals surface area contributed by atoms with Crippen molar-refractivity contribution in [2.45, 2.75) is 52.9 Å². The highest BCUT2D eigenvalue weighted by Crippen LogP contribution is 2.28. The van der Waals surface area contributed by atoms with Crippen LogP contribution in [0.4, 0.5) is 0 Å². The summed E-state index contributed by atoms with van der Waals surface area (Å²) in [6, 6.07) is 0. The fourth-order valence-corrected chi connectivity index (χ4v) is 2.83. The Balaban J connectivity index is 2.40. The molecule has 1 rings (SSSR count). The standard InChI is InChI=1S/C16H31N3O2/c1-4-9-18(10-5-2)14(20)6-7-15(21)19-11-8-16(3,12-17)13-19/h4-13,17H2,1-3H3. The summed E-state index contributed by atoms with van der Waals surface area (Å²) in [5.41, 5.74) is 5.81. The van der Waals surface area contributed by atoms with Crippen molar-refractivity contribution in [3.63, 3.8) is 0 Å². The van der Waals surface area contributed by atoms with Crippen molar-refractivity contribution in [1.82, 2.24) is 9.80 Å². The van der Waals surface area contributed by atoms with Gasteiger partial charge in [-0.1, -0.05) is 20.8 Å². The van der Waals surface area contributed by atoms with Crippen LogP contribution in [0.2, 0.25) is 0 Å². The zero-order valence-corrected chi connectivity index (χ0v) is 13.9. The van der Waals surface area contributed by atoms with E-state index in [4.69, 9.17) is 5.73 Å². The lowest BCUT2D eigenvalue weighted by molar-refractivity contribution is -0.136. The van der Waals surface area contributed by atoms with E-state index in [-0.39, 0.29) is 17.2 Å². The highest BCUT2D eigenvalue weighted by atomic mass is 16.2. The zero-order chi connectivity index (χ0) is 15.9. The van der Waals surface area contributed by atoms with Gasteiger partial charge in [-0.05, 0) is 31.2 Å². The Bertz CT molecular complexity index is 353. The summed E-state index contributed by atoms with van der Waals surface area (Å²) in [6.07, 6.45) is 3.53. The smallest absolute Gasteiger partial charge is 0.223 e. The van der Waals surface area contributed by atoms with Crippen LogP contribution >= 0.6 is 0 Å². The second-order valence-corrected chi connectivity index (χ2v) is 6.46. The summed E-state index contributed by atoms with van der Waals surface area (Å²) >= 11 is 0. The van der Waals surface area contributed by atoms with Gasteiger partial charge < -0.3 is 15.5 Å². The molecule has 5 heteroatoms. The monoisotopic (exact) mass is 297 g/mol. The first kappa shape index (κ1) is 18.0. The molecular weight excluding hydrogens is 266 g/mol. The van der Waals surface area contributed by atoms with E-state index >= 15 is 0 Å². The Hall–Kier alpha value is -1.10. The second kappa shape index (κ2) is 8.37. The topological polar surface area (TPSA) is 66.6 Å². The lowest BCUT2D eigenvalue weighted by Gasteiger charge is -2.24. The first-order chi connectivity index (χ1) is 9.95. The molecule has 0 bridgehead atoms. The summed E-state index contributed by atoms with van der Waals surface area (Å²) < 4.78 is 0. The molecule has 0 saturated carbocycles. The average Bonchev–Trinajstić information content (AvgIpc) is 2.87. The van der Waals surface area contributed by atoms with Gasteiger partial charge in [-0.3, -0.25) is 9.59 Å². The number of rotatable bonds is 8. The van der Waals surface area contributed by atoms with Gasteiger partial charge in [0.2, 0.25) is 11.8 Å². The van der Waals surface area contributed by atoms with E-state index in [9.17, 15) is 9.59 Å². The van der Waals surface area contributed by atoms with Crippen molar-refractivity contribution in [3.8, 4) is 0 Å². The molecule has 0 aromatic carbocycles. The SMILES string of the molecule is CCCN(CCC)C(=O)CCC(=O)N1CCC(C)(CN)C1. The molecule has 1 heterocycles. The van der Waals surface area contributed by atoms with Crippen molar-refractivity contribution < 1.29 is 9.59 Å². The van der Waals surface area contributed by atoms with Crippen LogP contribution in [-0.2, 0) is 9.59 Å². The van der Waals surface area contributed by atoms with E-state index in [1.807, 2.05) is 9.80 Å². The molecule has 1 fully saturated rings. The molecule has 21 heavy (non-hydrogen) atoms. The predicted molar refractivity (Wildman–Crippen MR) is 84.8 cm³/mol. The van der Waals surface area contributed by atoms with Crippen LogP contribution in [0.15, 0.2) is 0 Å². The first-order valence-corrected chi connectivity index (χ1v) is 8.21. The van der Waals surface area contributed by atoms with Crippen LogP contribution in [-0.4, -0.2) is 54.3 Å². The summed E-state index contributed by atoms with van der Waals surface area (Å²) in [6.45, 7) is 9.94. The number of nitrogens with zero attached hydrogens (tertiary/aromatic N) is 2. The molecule has 0 spiro atoms. The Morgan fingerprint density at radius 2 is 1.81 bits per heavy atom. The van der Waals surface area contributed by atoms with E-state index in [0.717, 1.165) is 45.4 Å². The van der Waals surface area contributed by atoms with Crippen LogP contribution in [0.5, 0.6) is 0 Å². The molecule has 122 valence electrons. The van der Waals surface area contributed by atoms with E-state index in [2.05, 4.69) is 20.8 Å². The summed E-state index contributed by atoms with van der Waals surface area (Å²) in [5.74, 6) is 0.196. The Morgan fingerprint density at radius 1 is 1.19 bits per heavy atom. The molecule has 0 radical (unpaired) electrons. The second-order valence-electron chi connectivity index (χ2n) is 6.46. The van der Waals surface area contributed by atoms with Crippen LogP contribution in [0, 0.1) is 5.41 Å². The fourth-order valence-electron chi connectivity index (χ4n) is 2.83. The third-order valence-corrected chi connectivity index (χ3v) is 4.30. The number of carbonyl (C=O) groups is 2. The lowest BCUT2D eigenvalue weighted by Crippen LogP contribution is -2.36. The third-order valence-electron chi connectivity index (χ3n) is 4.30. The van der Waals surface area contributed by atoms with Gasteiger partial charge in [0.1, 0.15) is 0 Å². The molecule has 1 unspecified atom stereocenters. The van der Waals surface area contributed by atoms with E-state index < -0.39 is 0 Å². The predicted octanol–water partition coefficient (Wildman–Crippen LogP) is 1.61. The maximum absolute atomic E-state index is 12.2. The maximum Gasteiger partial charge on any atom is 0.223 e. The molecule has 2 N–H and O–H groups in total. The molecule has 2 amide bonds. The Labute approximate surface area is 128 Å². The highest BCUT2D eigenvalue weighted by Gasteiger charge is 2.34. The number of amides is 2. The van der Waals surface area contributed by atoms with E-state index in [0.29, 0.717) is 19.4 Å². The molecule has 5 nitrogen and oxygen atoms in total. The molecule has 0 aliphatic carbocycles. The summed E-state index contributed by atoms with van der Waals surface area (Å²) in [4.78, 5) is 28.1.